The molecule has 0 spiro atoms. The summed E-state index contributed by atoms with van der Waals surface area (Å²) in [5.41, 5.74) is 4.52. The third-order valence-corrected chi connectivity index (χ3v) is 14.0. The first-order valence-corrected chi connectivity index (χ1v) is 17.7. The Balaban J connectivity index is 1.06. The summed E-state index contributed by atoms with van der Waals surface area (Å²) in [6, 6.07) is 27.1. The third kappa shape index (κ3) is 3.23. The molecule has 4 aromatic carbocycles. The molecule has 40 heavy (non-hydrogen) atoms. The maximum atomic E-state index is 5.07. The van der Waals surface area contributed by atoms with Crippen LogP contribution in [0.1, 0.15) is 0 Å². The van der Waals surface area contributed by atoms with E-state index in [0.29, 0.717) is 0 Å². The van der Waals surface area contributed by atoms with Gasteiger partial charge in [0.05, 0.1) is 29.8 Å². The Morgan fingerprint density at radius 3 is 1.43 bits per heavy atom. The molecule has 8 heteroatoms. The monoisotopic (exact) mass is 618 g/mol. The lowest BCUT2D eigenvalue weighted by Gasteiger charge is -1.97. The first-order chi connectivity index (χ1) is 19.7. The highest BCUT2D eigenvalue weighted by atomic mass is 32.1. The zero-order valence-corrected chi connectivity index (χ0v) is 25.3. The van der Waals surface area contributed by atoms with Crippen molar-refractivity contribution >= 4 is 138 Å². The zero-order chi connectivity index (χ0) is 25.9. The lowest BCUT2D eigenvalue weighted by molar-refractivity contribution is 1.49. The molecule has 2 nitrogen and oxygen atoms in total. The minimum absolute atomic E-state index is 1.06. The van der Waals surface area contributed by atoms with Crippen molar-refractivity contribution in [1.29, 1.82) is 0 Å². The SMILES string of the molecule is c1cc2sc3cc(-c4nc5cc6cc7sc(-c8ccc9c(c8)sc8ccsc89)nc7cc6cc5s4)ccc3c2s1. The van der Waals surface area contributed by atoms with Gasteiger partial charge in [-0.3, -0.25) is 0 Å². The normalized spacial score (nSPS) is 12.5. The van der Waals surface area contributed by atoms with Crippen LogP contribution in [-0.2, 0) is 0 Å². The van der Waals surface area contributed by atoms with Crippen LogP contribution in [0.4, 0.5) is 0 Å². The van der Waals surface area contributed by atoms with Gasteiger partial charge in [-0.1, -0.05) is 24.3 Å². The second-order valence-electron chi connectivity index (χ2n) is 9.88. The van der Waals surface area contributed by atoms with Gasteiger partial charge in [-0.25, -0.2) is 9.97 Å². The summed E-state index contributed by atoms with van der Waals surface area (Å²) in [5.74, 6) is 0. The van der Waals surface area contributed by atoms with E-state index < -0.39 is 0 Å². The van der Waals surface area contributed by atoms with Crippen LogP contribution in [0.2, 0.25) is 0 Å². The van der Waals surface area contributed by atoms with Gasteiger partial charge >= 0.3 is 0 Å². The first-order valence-electron chi connectivity index (χ1n) is 12.7. The first kappa shape index (κ1) is 22.4. The van der Waals surface area contributed by atoms with Crippen LogP contribution in [-0.4, -0.2) is 9.97 Å². The van der Waals surface area contributed by atoms with E-state index in [1.807, 2.05) is 45.3 Å². The summed E-state index contributed by atoms with van der Waals surface area (Å²) in [6.45, 7) is 0. The highest BCUT2D eigenvalue weighted by Crippen LogP contribution is 2.43. The zero-order valence-electron chi connectivity index (χ0n) is 20.4. The van der Waals surface area contributed by atoms with E-state index in [1.54, 1.807) is 22.7 Å². The van der Waals surface area contributed by atoms with Crippen LogP contribution < -0.4 is 0 Å². The summed E-state index contributed by atoms with van der Waals surface area (Å²) < 4.78 is 10.6. The second-order valence-corrected chi connectivity index (χ2v) is 15.9. The van der Waals surface area contributed by atoms with Gasteiger partial charge in [0.25, 0.3) is 0 Å². The molecule has 0 radical (unpaired) electrons. The van der Waals surface area contributed by atoms with Gasteiger partial charge in [-0.2, -0.15) is 0 Å². The van der Waals surface area contributed by atoms with Crippen molar-refractivity contribution in [3.63, 3.8) is 0 Å². The smallest absolute Gasteiger partial charge is 0.124 e. The highest BCUT2D eigenvalue weighted by Gasteiger charge is 2.14. The standard InChI is InChI=1S/C32H14N2S6/c1-3-19-25(37-23-5-7-35-29(19)23)11-15(1)31-33-21-9-17-14-28-22(10-18(17)13-27(21)39-31)34-32(40-28)16-2-4-20-26(12-16)38-24-6-8-36-30(20)24/h1-14H. The van der Waals surface area contributed by atoms with E-state index in [0.717, 1.165) is 21.0 Å². The van der Waals surface area contributed by atoms with Gasteiger partial charge < -0.3 is 0 Å². The summed E-state index contributed by atoms with van der Waals surface area (Å²) in [7, 11) is 0. The van der Waals surface area contributed by atoms with Gasteiger partial charge in [-0.05, 0) is 70.1 Å². The van der Waals surface area contributed by atoms with Crippen LogP contribution in [0.3, 0.4) is 0 Å². The molecule has 6 aromatic heterocycles. The third-order valence-electron chi connectivity index (χ3n) is 7.50. The van der Waals surface area contributed by atoms with Crippen molar-refractivity contribution in [2.45, 2.75) is 0 Å². The average molecular weight is 619 g/mol. The van der Waals surface area contributed by atoms with Crippen molar-refractivity contribution in [3.8, 4) is 21.1 Å². The van der Waals surface area contributed by atoms with Crippen molar-refractivity contribution in [1.82, 2.24) is 9.97 Å². The van der Waals surface area contributed by atoms with Crippen molar-refractivity contribution < 1.29 is 0 Å². The van der Waals surface area contributed by atoms with Crippen molar-refractivity contribution in [2.24, 2.45) is 0 Å². The predicted octanol–water partition coefficient (Wildman–Crippen LogP) is 12.3. The molecule has 6 heterocycles. The number of hydrogen-bond acceptors (Lipinski definition) is 8. The molecule has 0 N–H and O–H groups in total. The molecule has 10 aromatic rings. The Morgan fingerprint density at radius 2 is 0.925 bits per heavy atom. The molecule has 0 aliphatic heterocycles. The molecule has 10 rings (SSSR count). The fourth-order valence-corrected chi connectivity index (χ4v) is 12.1. The van der Waals surface area contributed by atoms with Crippen LogP contribution in [0.15, 0.2) is 83.6 Å². The van der Waals surface area contributed by atoms with E-state index in [4.69, 9.17) is 9.97 Å². The van der Waals surface area contributed by atoms with E-state index in [9.17, 15) is 0 Å². The van der Waals surface area contributed by atoms with Crippen molar-refractivity contribution in [2.75, 3.05) is 0 Å². The second kappa shape index (κ2) is 8.16. The molecular weight excluding hydrogens is 605 g/mol. The van der Waals surface area contributed by atoms with Gasteiger partial charge in [0.2, 0.25) is 0 Å². The molecule has 0 fully saturated rings. The maximum Gasteiger partial charge on any atom is 0.124 e. The number of rotatable bonds is 2. The number of aromatic nitrogens is 2. The number of thiazole rings is 2. The predicted molar refractivity (Wildman–Crippen MR) is 183 cm³/mol. The molecule has 188 valence electrons. The van der Waals surface area contributed by atoms with Crippen LogP contribution in [0, 0.1) is 0 Å². The number of hydrogen-bond donors (Lipinski definition) is 0. The fraction of sp³-hybridized carbons (Fsp3) is 0. The van der Waals surface area contributed by atoms with Gasteiger partial charge in [0, 0.05) is 40.7 Å². The molecule has 0 amide bonds. The summed E-state index contributed by atoms with van der Waals surface area (Å²) >= 11 is 10.9. The molecular formula is C32H14N2S6. The van der Waals surface area contributed by atoms with E-state index in [2.05, 4.69) is 83.6 Å². The summed E-state index contributed by atoms with van der Waals surface area (Å²) in [4.78, 5) is 10.1. The van der Waals surface area contributed by atoms with Gasteiger partial charge in [0.1, 0.15) is 10.0 Å². The molecule has 0 bridgehead atoms. The lowest BCUT2D eigenvalue weighted by Crippen LogP contribution is -1.77. The fourth-order valence-electron chi connectivity index (χ4n) is 5.58. The molecule has 0 saturated heterocycles. The molecule has 0 atom stereocenters. The topological polar surface area (TPSA) is 25.8 Å². The molecule has 0 saturated carbocycles. The van der Waals surface area contributed by atoms with E-state index in [1.165, 1.54) is 70.3 Å². The van der Waals surface area contributed by atoms with E-state index in [-0.39, 0.29) is 0 Å². The Morgan fingerprint density at radius 1 is 0.425 bits per heavy atom. The Hall–Kier alpha value is -3.24. The number of nitrogens with zero attached hydrogens (tertiary/aromatic N) is 2. The maximum absolute atomic E-state index is 5.07. The average Bonchev–Trinajstić information content (AvgIpc) is 3.78. The Bertz CT molecular complexity index is 2370. The Kier molecular flexibility index (Phi) is 4.58. The minimum Gasteiger partial charge on any atom is -0.236 e. The minimum atomic E-state index is 1.06. The number of fused-ring (bicyclic) bond motifs is 9. The number of thiophene rings is 4. The van der Waals surface area contributed by atoms with Gasteiger partial charge in [0.15, 0.2) is 0 Å². The van der Waals surface area contributed by atoms with Gasteiger partial charge in [-0.15, -0.1) is 68.0 Å². The summed E-state index contributed by atoms with van der Waals surface area (Å²) in [5, 5.41) is 11.7. The molecule has 0 aliphatic rings. The quantitative estimate of drug-likeness (QED) is 0.193. The van der Waals surface area contributed by atoms with E-state index >= 15 is 0 Å². The largest absolute Gasteiger partial charge is 0.236 e. The lowest BCUT2D eigenvalue weighted by atomic mass is 10.1. The summed E-state index contributed by atoms with van der Waals surface area (Å²) in [6.07, 6.45) is 0. The molecule has 0 unspecified atom stereocenters. The Labute approximate surface area is 251 Å². The van der Waals surface area contributed by atoms with Crippen LogP contribution in [0.5, 0.6) is 0 Å². The molecule has 0 aliphatic carbocycles. The number of benzene rings is 4. The highest BCUT2D eigenvalue weighted by molar-refractivity contribution is 7.32. The van der Waals surface area contributed by atoms with Crippen LogP contribution in [0.25, 0.3) is 91.3 Å². The van der Waals surface area contributed by atoms with Crippen LogP contribution >= 0.6 is 68.0 Å². The van der Waals surface area contributed by atoms with Crippen molar-refractivity contribution in [3.05, 3.63) is 83.6 Å².